The van der Waals surface area contributed by atoms with Crippen LogP contribution in [0.4, 0.5) is 5.69 Å². The van der Waals surface area contributed by atoms with Gasteiger partial charge in [-0.1, -0.05) is 0 Å². The van der Waals surface area contributed by atoms with E-state index >= 15 is 0 Å². The van der Waals surface area contributed by atoms with Crippen LogP contribution in [0, 0.1) is 11.8 Å². The monoisotopic (exact) mass is 303 g/mol. The molecule has 0 spiro atoms. The first-order valence-corrected chi connectivity index (χ1v) is 7.73. The van der Waals surface area contributed by atoms with E-state index in [0.717, 1.165) is 6.42 Å². The first kappa shape index (κ1) is 15.0. The normalized spacial score (nSPS) is 27.9. The second-order valence-electron chi connectivity index (χ2n) is 5.95. The van der Waals surface area contributed by atoms with E-state index in [0.29, 0.717) is 31.8 Å². The Labute approximate surface area is 129 Å². The zero-order chi connectivity index (χ0) is 15.5. The van der Waals surface area contributed by atoms with Crippen LogP contribution in [0.3, 0.4) is 0 Å². The summed E-state index contributed by atoms with van der Waals surface area (Å²) in [6.07, 6.45) is 4.89. The average molecular weight is 303 g/mol. The van der Waals surface area contributed by atoms with E-state index in [2.05, 4.69) is 10.3 Å². The van der Waals surface area contributed by atoms with Crippen molar-refractivity contribution >= 4 is 17.5 Å². The largest absolute Gasteiger partial charge is 0.378 e. The standard InChI is InChI=1S/C16H21N3O3/c1-11(20)19-7-4-15-14(10-19)13(5-8-22-15)16(21)18-12-3-2-6-17-9-12/h2-3,6,9,13-15H,4-5,7-8,10H2,1H3,(H,18,21)/t13-,14+,15-/m1/s1. The molecule has 0 aromatic carbocycles. The van der Waals surface area contributed by atoms with Crippen molar-refractivity contribution in [3.8, 4) is 0 Å². The summed E-state index contributed by atoms with van der Waals surface area (Å²) in [5, 5.41) is 2.93. The van der Waals surface area contributed by atoms with E-state index in [9.17, 15) is 9.59 Å². The van der Waals surface area contributed by atoms with Crippen LogP contribution in [0.15, 0.2) is 24.5 Å². The number of amides is 2. The molecule has 0 radical (unpaired) electrons. The summed E-state index contributed by atoms with van der Waals surface area (Å²) in [7, 11) is 0. The number of carbonyl (C=O) groups is 2. The molecule has 0 saturated carbocycles. The molecule has 2 saturated heterocycles. The number of likely N-dealkylation sites (tertiary alicyclic amines) is 1. The van der Waals surface area contributed by atoms with E-state index < -0.39 is 0 Å². The van der Waals surface area contributed by atoms with Gasteiger partial charge in [0.1, 0.15) is 0 Å². The molecule has 3 atom stereocenters. The number of carbonyl (C=O) groups excluding carboxylic acids is 2. The lowest BCUT2D eigenvalue weighted by Crippen LogP contribution is -2.53. The molecule has 3 heterocycles. The van der Waals surface area contributed by atoms with Crippen molar-refractivity contribution in [2.45, 2.75) is 25.9 Å². The van der Waals surface area contributed by atoms with Gasteiger partial charge in [0.05, 0.1) is 18.0 Å². The Balaban J connectivity index is 1.71. The Morgan fingerprint density at radius 3 is 3.00 bits per heavy atom. The molecule has 22 heavy (non-hydrogen) atoms. The van der Waals surface area contributed by atoms with Crippen LogP contribution in [-0.2, 0) is 14.3 Å². The van der Waals surface area contributed by atoms with E-state index in [1.54, 1.807) is 25.4 Å². The number of pyridine rings is 1. The first-order chi connectivity index (χ1) is 10.6. The molecule has 6 nitrogen and oxygen atoms in total. The van der Waals surface area contributed by atoms with Crippen molar-refractivity contribution in [1.82, 2.24) is 9.88 Å². The number of fused-ring (bicyclic) bond motifs is 1. The Morgan fingerprint density at radius 2 is 2.27 bits per heavy atom. The predicted octanol–water partition coefficient (Wildman–Crippen LogP) is 1.29. The molecule has 2 amide bonds. The van der Waals surface area contributed by atoms with Gasteiger partial charge in [0.25, 0.3) is 0 Å². The summed E-state index contributed by atoms with van der Waals surface area (Å²) < 4.78 is 5.81. The first-order valence-electron chi connectivity index (χ1n) is 7.73. The minimum absolute atomic E-state index is 0.00305. The third kappa shape index (κ3) is 3.11. The van der Waals surface area contributed by atoms with Gasteiger partial charge in [-0.25, -0.2) is 0 Å². The van der Waals surface area contributed by atoms with Crippen molar-refractivity contribution < 1.29 is 14.3 Å². The SMILES string of the molecule is CC(=O)N1CC[C@H]2OCC[C@@H](C(=O)Nc3cccnc3)[C@@H]2C1. The average Bonchev–Trinajstić information content (AvgIpc) is 2.54. The third-order valence-electron chi connectivity index (χ3n) is 4.58. The Hall–Kier alpha value is -1.95. The maximum Gasteiger partial charge on any atom is 0.228 e. The molecular formula is C16H21N3O3. The summed E-state index contributed by atoms with van der Waals surface area (Å²) >= 11 is 0. The van der Waals surface area contributed by atoms with Crippen molar-refractivity contribution in [3.63, 3.8) is 0 Å². The number of aromatic nitrogens is 1. The highest BCUT2D eigenvalue weighted by molar-refractivity contribution is 5.92. The molecular weight excluding hydrogens is 282 g/mol. The Kier molecular flexibility index (Phi) is 4.38. The van der Waals surface area contributed by atoms with Gasteiger partial charge in [0, 0.05) is 44.7 Å². The summed E-state index contributed by atoms with van der Waals surface area (Å²) in [5.74, 6) is 0.0105. The van der Waals surface area contributed by atoms with Crippen LogP contribution in [0.25, 0.3) is 0 Å². The molecule has 0 aliphatic carbocycles. The van der Waals surface area contributed by atoms with Crippen LogP contribution in [0.5, 0.6) is 0 Å². The van der Waals surface area contributed by atoms with Crippen molar-refractivity contribution in [3.05, 3.63) is 24.5 Å². The molecule has 3 rings (SSSR count). The smallest absolute Gasteiger partial charge is 0.228 e. The van der Waals surface area contributed by atoms with Crippen LogP contribution < -0.4 is 5.32 Å². The zero-order valence-corrected chi connectivity index (χ0v) is 12.7. The number of rotatable bonds is 2. The molecule has 118 valence electrons. The molecule has 2 fully saturated rings. The second-order valence-corrected chi connectivity index (χ2v) is 5.95. The van der Waals surface area contributed by atoms with Gasteiger partial charge in [-0.2, -0.15) is 0 Å². The molecule has 2 aliphatic heterocycles. The molecule has 1 N–H and O–H groups in total. The van der Waals surface area contributed by atoms with E-state index in [4.69, 9.17) is 4.74 Å². The van der Waals surface area contributed by atoms with Gasteiger partial charge >= 0.3 is 0 Å². The highest BCUT2D eigenvalue weighted by Gasteiger charge is 2.42. The number of nitrogens with one attached hydrogen (secondary N) is 1. The Morgan fingerprint density at radius 1 is 1.41 bits per heavy atom. The molecule has 0 bridgehead atoms. The second kappa shape index (κ2) is 6.44. The van der Waals surface area contributed by atoms with Crippen molar-refractivity contribution in [2.75, 3.05) is 25.0 Å². The van der Waals surface area contributed by atoms with E-state index in [1.165, 1.54) is 0 Å². The maximum atomic E-state index is 12.6. The third-order valence-corrected chi connectivity index (χ3v) is 4.58. The number of ether oxygens (including phenoxy) is 1. The summed E-state index contributed by atoms with van der Waals surface area (Å²) in [6.45, 7) is 3.50. The summed E-state index contributed by atoms with van der Waals surface area (Å²) in [5.41, 5.74) is 0.703. The minimum atomic E-state index is -0.124. The number of hydrogen-bond donors (Lipinski definition) is 1. The van der Waals surface area contributed by atoms with E-state index in [1.807, 2.05) is 11.0 Å². The van der Waals surface area contributed by atoms with Crippen LogP contribution in [-0.4, -0.2) is 47.5 Å². The molecule has 6 heteroatoms. The summed E-state index contributed by atoms with van der Waals surface area (Å²) in [6, 6.07) is 3.62. The predicted molar refractivity (Wildman–Crippen MR) is 81.1 cm³/mol. The highest BCUT2D eigenvalue weighted by Crippen LogP contribution is 2.33. The number of piperidine rings is 1. The highest BCUT2D eigenvalue weighted by atomic mass is 16.5. The lowest BCUT2D eigenvalue weighted by molar-refractivity contribution is -0.146. The van der Waals surface area contributed by atoms with Gasteiger partial charge < -0.3 is 15.0 Å². The topological polar surface area (TPSA) is 71.5 Å². The number of hydrogen-bond acceptors (Lipinski definition) is 4. The van der Waals surface area contributed by atoms with Gasteiger partial charge in [-0.05, 0) is 25.0 Å². The lowest BCUT2D eigenvalue weighted by atomic mass is 9.79. The van der Waals surface area contributed by atoms with Crippen LogP contribution in [0.2, 0.25) is 0 Å². The van der Waals surface area contributed by atoms with Crippen molar-refractivity contribution in [1.29, 1.82) is 0 Å². The van der Waals surface area contributed by atoms with Crippen molar-refractivity contribution in [2.24, 2.45) is 11.8 Å². The molecule has 2 aliphatic rings. The van der Waals surface area contributed by atoms with E-state index in [-0.39, 0.29) is 29.8 Å². The molecule has 1 aromatic heterocycles. The lowest BCUT2D eigenvalue weighted by Gasteiger charge is -2.44. The fourth-order valence-electron chi connectivity index (χ4n) is 3.40. The fraction of sp³-hybridized carbons (Fsp3) is 0.562. The molecule has 1 aromatic rings. The van der Waals surface area contributed by atoms with Gasteiger partial charge in [-0.3, -0.25) is 14.6 Å². The van der Waals surface area contributed by atoms with Gasteiger partial charge in [-0.15, -0.1) is 0 Å². The van der Waals surface area contributed by atoms with Gasteiger partial charge in [0.15, 0.2) is 0 Å². The zero-order valence-electron chi connectivity index (χ0n) is 12.7. The fourth-order valence-corrected chi connectivity index (χ4v) is 3.40. The van der Waals surface area contributed by atoms with Crippen LogP contribution >= 0.6 is 0 Å². The maximum absolute atomic E-state index is 12.6. The number of anilines is 1. The van der Waals surface area contributed by atoms with Crippen LogP contribution in [0.1, 0.15) is 19.8 Å². The quantitative estimate of drug-likeness (QED) is 0.894. The minimum Gasteiger partial charge on any atom is -0.378 e. The number of nitrogens with zero attached hydrogens (tertiary/aromatic N) is 2. The molecule has 0 unspecified atom stereocenters. The van der Waals surface area contributed by atoms with Gasteiger partial charge in [0.2, 0.25) is 11.8 Å². The Bertz CT molecular complexity index is 549. The summed E-state index contributed by atoms with van der Waals surface area (Å²) in [4.78, 5) is 30.0.